The number of hydrogen-bond donors (Lipinski definition) is 0. The minimum atomic E-state index is 0.623. The van der Waals surface area contributed by atoms with Crippen molar-refractivity contribution in [3.05, 3.63) is 79.1 Å². The Balaban J connectivity index is 1.80. The molecule has 0 N–H and O–H groups in total. The second-order valence-corrected chi connectivity index (χ2v) is 5.24. The Morgan fingerprint density at radius 1 is 0.667 bits per heavy atom. The second-order valence-electron chi connectivity index (χ2n) is 5.24. The van der Waals surface area contributed by atoms with E-state index in [2.05, 4.69) is 20.1 Å². The lowest BCUT2D eigenvalue weighted by atomic mass is 10.2. The maximum Gasteiger partial charge on any atom is 0.181 e. The summed E-state index contributed by atoms with van der Waals surface area (Å²) < 4.78 is 1.90. The monoisotopic (exact) mass is 314 g/mol. The molecule has 4 aromatic heterocycles. The third-order valence-corrected chi connectivity index (χ3v) is 3.63. The van der Waals surface area contributed by atoms with E-state index in [1.807, 2.05) is 41.1 Å². The van der Waals surface area contributed by atoms with Gasteiger partial charge in [0.25, 0.3) is 0 Å². The van der Waals surface area contributed by atoms with Gasteiger partial charge in [-0.2, -0.15) is 5.10 Å². The normalized spacial score (nSPS) is 10.7. The van der Waals surface area contributed by atoms with Gasteiger partial charge in [-0.05, 0) is 42.0 Å². The van der Waals surface area contributed by atoms with Crippen molar-refractivity contribution < 1.29 is 0 Å². The van der Waals surface area contributed by atoms with Gasteiger partial charge in [-0.1, -0.05) is 0 Å². The Labute approximate surface area is 138 Å². The third-order valence-electron chi connectivity index (χ3n) is 3.63. The maximum absolute atomic E-state index is 4.73. The van der Waals surface area contributed by atoms with E-state index in [-0.39, 0.29) is 0 Å². The fourth-order valence-corrected chi connectivity index (χ4v) is 2.45. The van der Waals surface area contributed by atoms with Crippen molar-refractivity contribution in [3.63, 3.8) is 0 Å². The minimum Gasteiger partial charge on any atom is -0.265 e. The highest BCUT2D eigenvalue weighted by molar-refractivity contribution is 5.61. The Morgan fingerprint density at radius 3 is 1.83 bits per heavy atom. The van der Waals surface area contributed by atoms with E-state index < -0.39 is 0 Å². The lowest BCUT2D eigenvalue weighted by molar-refractivity contribution is 0.694. The Bertz CT molecular complexity index is 920. The summed E-state index contributed by atoms with van der Waals surface area (Å²) in [5.74, 6) is 1.49. The summed E-state index contributed by atoms with van der Waals surface area (Å²) in [6.45, 7) is 0.623. The summed E-state index contributed by atoms with van der Waals surface area (Å²) in [5, 5.41) is 4.69. The molecule has 24 heavy (non-hydrogen) atoms. The third kappa shape index (κ3) is 2.89. The summed E-state index contributed by atoms with van der Waals surface area (Å²) in [6, 6.07) is 11.6. The molecule has 0 saturated carbocycles. The van der Waals surface area contributed by atoms with Gasteiger partial charge in [-0.25, -0.2) is 9.67 Å². The summed E-state index contributed by atoms with van der Waals surface area (Å²) >= 11 is 0. The summed E-state index contributed by atoms with van der Waals surface area (Å²) in [6.07, 6.45) is 10.6. The fourth-order valence-electron chi connectivity index (χ4n) is 2.45. The second kappa shape index (κ2) is 6.37. The van der Waals surface area contributed by atoms with Crippen LogP contribution in [0.4, 0.5) is 0 Å². The zero-order valence-electron chi connectivity index (χ0n) is 12.8. The van der Waals surface area contributed by atoms with Crippen LogP contribution in [0.2, 0.25) is 0 Å². The van der Waals surface area contributed by atoms with Crippen molar-refractivity contribution in [2.45, 2.75) is 6.54 Å². The summed E-state index contributed by atoms with van der Waals surface area (Å²) in [7, 11) is 0. The van der Waals surface area contributed by atoms with Gasteiger partial charge in [0.15, 0.2) is 11.6 Å². The number of aromatic nitrogens is 6. The van der Waals surface area contributed by atoms with Gasteiger partial charge >= 0.3 is 0 Å². The van der Waals surface area contributed by atoms with Gasteiger partial charge < -0.3 is 0 Å². The SMILES string of the molecule is c1cc(Cn2nc(-c3ccncc3)nc2-c2ccncc2)ccn1. The molecular formula is C18H14N6. The van der Waals surface area contributed by atoms with Gasteiger partial charge in [-0.15, -0.1) is 0 Å². The van der Waals surface area contributed by atoms with Crippen LogP contribution in [0.5, 0.6) is 0 Å². The predicted molar refractivity (Wildman–Crippen MR) is 89.8 cm³/mol. The first-order valence-corrected chi connectivity index (χ1v) is 7.55. The molecule has 0 saturated heterocycles. The van der Waals surface area contributed by atoms with Crippen LogP contribution in [0.1, 0.15) is 5.56 Å². The average Bonchev–Trinajstić information content (AvgIpc) is 3.08. The van der Waals surface area contributed by atoms with Gasteiger partial charge in [0.1, 0.15) is 0 Å². The molecule has 4 heterocycles. The number of pyridine rings is 3. The smallest absolute Gasteiger partial charge is 0.181 e. The molecular weight excluding hydrogens is 300 g/mol. The molecule has 6 nitrogen and oxygen atoms in total. The van der Waals surface area contributed by atoms with E-state index in [1.165, 1.54) is 0 Å². The molecule has 0 aliphatic carbocycles. The number of hydrogen-bond acceptors (Lipinski definition) is 5. The molecule has 0 fully saturated rings. The minimum absolute atomic E-state index is 0.623. The highest BCUT2D eigenvalue weighted by atomic mass is 15.3. The highest BCUT2D eigenvalue weighted by Crippen LogP contribution is 2.22. The Kier molecular flexibility index (Phi) is 3.77. The van der Waals surface area contributed by atoms with Crippen molar-refractivity contribution in [3.8, 4) is 22.8 Å². The van der Waals surface area contributed by atoms with Crippen LogP contribution in [0.3, 0.4) is 0 Å². The van der Waals surface area contributed by atoms with E-state index in [9.17, 15) is 0 Å². The maximum atomic E-state index is 4.73. The topological polar surface area (TPSA) is 69.4 Å². The predicted octanol–water partition coefficient (Wildman–Crippen LogP) is 2.85. The summed E-state index contributed by atoms with van der Waals surface area (Å²) in [5.41, 5.74) is 3.03. The van der Waals surface area contributed by atoms with Crippen LogP contribution < -0.4 is 0 Å². The van der Waals surface area contributed by atoms with Crippen LogP contribution in [-0.2, 0) is 6.54 Å². The van der Waals surface area contributed by atoms with Gasteiger partial charge in [0.05, 0.1) is 6.54 Å². The lowest BCUT2D eigenvalue weighted by Gasteiger charge is -2.05. The summed E-state index contributed by atoms with van der Waals surface area (Å²) in [4.78, 5) is 16.9. The zero-order chi connectivity index (χ0) is 16.2. The number of nitrogens with zero attached hydrogens (tertiary/aromatic N) is 6. The van der Waals surface area contributed by atoms with Crippen molar-refractivity contribution in [1.29, 1.82) is 0 Å². The molecule has 116 valence electrons. The van der Waals surface area contributed by atoms with Crippen molar-refractivity contribution in [2.75, 3.05) is 0 Å². The van der Waals surface area contributed by atoms with Crippen LogP contribution in [0.25, 0.3) is 22.8 Å². The van der Waals surface area contributed by atoms with Crippen molar-refractivity contribution in [2.24, 2.45) is 0 Å². The first-order chi connectivity index (χ1) is 11.9. The molecule has 4 aromatic rings. The Morgan fingerprint density at radius 2 is 1.21 bits per heavy atom. The van der Waals surface area contributed by atoms with Crippen LogP contribution >= 0.6 is 0 Å². The van der Waals surface area contributed by atoms with Crippen LogP contribution in [-0.4, -0.2) is 29.7 Å². The molecule has 0 aliphatic heterocycles. The molecule has 0 radical (unpaired) electrons. The molecule has 0 atom stereocenters. The van der Waals surface area contributed by atoms with Crippen molar-refractivity contribution >= 4 is 0 Å². The van der Waals surface area contributed by atoms with Crippen LogP contribution in [0, 0.1) is 0 Å². The van der Waals surface area contributed by atoms with Gasteiger partial charge in [0.2, 0.25) is 0 Å². The molecule has 0 spiro atoms. The molecule has 0 bridgehead atoms. The van der Waals surface area contributed by atoms with Crippen molar-refractivity contribution in [1.82, 2.24) is 29.7 Å². The first kappa shape index (κ1) is 14.2. The van der Waals surface area contributed by atoms with Gasteiger partial charge in [-0.3, -0.25) is 15.0 Å². The molecule has 0 unspecified atom stereocenters. The van der Waals surface area contributed by atoms with E-state index >= 15 is 0 Å². The number of rotatable bonds is 4. The fraction of sp³-hybridized carbons (Fsp3) is 0.0556. The average molecular weight is 314 g/mol. The molecule has 0 amide bonds. The Hall–Kier alpha value is -3.41. The molecule has 0 aliphatic rings. The van der Waals surface area contributed by atoms with Gasteiger partial charge in [0, 0.05) is 48.3 Å². The highest BCUT2D eigenvalue weighted by Gasteiger charge is 2.13. The van der Waals surface area contributed by atoms with E-state index in [1.54, 1.807) is 37.2 Å². The molecule has 6 heteroatoms. The quantitative estimate of drug-likeness (QED) is 0.579. The standard InChI is InChI=1S/C18H14N6/c1-7-19-8-2-14(1)13-24-18(16-5-11-21-12-6-16)22-17(23-24)15-3-9-20-10-4-15/h1-12H,13H2. The lowest BCUT2D eigenvalue weighted by Crippen LogP contribution is -2.04. The van der Waals surface area contributed by atoms with E-state index in [4.69, 9.17) is 4.98 Å². The molecule has 4 rings (SSSR count). The van der Waals surface area contributed by atoms with E-state index in [0.29, 0.717) is 12.4 Å². The van der Waals surface area contributed by atoms with Crippen LogP contribution in [0.15, 0.2) is 73.6 Å². The first-order valence-electron chi connectivity index (χ1n) is 7.55. The molecule has 0 aromatic carbocycles. The zero-order valence-corrected chi connectivity index (χ0v) is 12.8. The largest absolute Gasteiger partial charge is 0.265 e. The van der Waals surface area contributed by atoms with E-state index in [0.717, 1.165) is 22.5 Å².